The van der Waals surface area contributed by atoms with Gasteiger partial charge in [-0.3, -0.25) is 5.32 Å². The van der Waals surface area contributed by atoms with E-state index in [1.54, 1.807) is 11.0 Å². The molecule has 1 aromatic carbocycles. The topological polar surface area (TPSA) is 76.6 Å². The molecule has 2 atom stereocenters. The van der Waals surface area contributed by atoms with E-state index in [1.165, 1.54) is 13.3 Å². The van der Waals surface area contributed by atoms with E-state index in [1.807, 2.05) is 37.3 Å². The highest BCUT2D eigenvalue weighted by molar-refractivity contribution is 5.88. The number of nitrogens with zero attached hydrogens (tertiary/aromatic N) is 3. The molecule has 2 heterocycles. The lowest BCUT2D eigenvalue weighted by Gasteiger charge is -2.36. The zero-order valence-electron chi connectivity index (χ0n) is 13.7. The molecule has 0 bridgehead atoms. The van der Waals surface area contributed by atoms with Crippen LogP contribution in [-0.2, 0) is 4.74 Å². The molecule has 1 saturated heterocycles. The van der Waals surface area contributed by atoms with Gasteiger partial charge in [-0.25, -0.2) is 9.78 Å². The molecular formula is C17H20N4O3. The fraction of sp³-hybridized carbons (Fsp3) is 0.353. The minimum Gasteiger partial charge on any atom is -0.467 e. The van der Waals surface area contributed by atoms with Crippen molar-refractivity contribution in [3.8, 4) is 6.01 Å². The number of carbonyl (C=O) groups is 1. The Kier molecular flexibility index (Phi) is 4.90. The second-order valence-corrected chi connectivity index (χ2v) is 5.61. The standard InChI is InChI=1S/C17H20N4O3/c1-12-10-21(11-14(24-12)13-6-4-3-5-7-13)17(22)20-15-8-9-18-16(19-15)23-2/h3-9,12,14H,10-11H2,1-2H3,(H,18,19,20,22). The molecule has 2 unspecified atom stereocenters. The number of carbonyl (C=O) groups excluding carboxylic acids is 1. The quantitative estimate of drug-likeness (QED) is 0.937. The van der Waals surface area contributed by atoms with Crippen LogP contribution in [0.5, 0.6) is 6.01 Å². The van der Waals surface area contributed by atoms with Gasteiger partial charge in [-0.05, 0) is 18.6 Å². The van der Waals surface area contributed by atoms with E-state index in [0.717, 1.165) is 5.56 Å². The molecule has 7 nitrogen and oxygen atoms in total. The van der Waals surface area contributed by atoms with Gasteiger partial charge >= 0.3 is 12.0 Å². The molecule has 1 N–H and O–H groups in total. The van der Waals surface area contributed by atoms with Crippen LogP contribution in [0.2, 0.25) is 0 Å². The van der Waals surface area contributed by atoms with Crippen molar-refractivity contribution in [3.05, 3.63) is 48.2 Å². The fourth-order valence-electron chi connectivity index (χ4n) is 2.67. The second kappa shape index (κ2) is 7.27. The van der Waals surface area contributed by atoms with Gasteiger partial charge < -0.3 is 14.4 Å². The first-order valence-corrected chi connectivity index (χ1v) is 7.79. The summed E-state index contributed by atoms with van der Waals surface area (Å²) in [4.78, 5) is 22.3. The molecule has 7 heteroatoms. The molecule has 0 saturated carbocycles. The van der Waals surface area contributed by atoms with Gasteiger partial charge in [-0.15, -0.1) is 0 Å². The summed E-state index contributed by atoms with van der Waals surface area (Å²) in [5.41, 5.74) is 1.06. The molecule has 24 heavy (non-hydrogen) atoms. The maximum atomic E-state index is 12.5. The number of amides is 2. The number of morpholine rings is 1. The number of methoxy groups -OCH3 is 1. The smallest absolute Gasteiger partial charge is 0.323 e. The van der Waals surface area contributed by atoms with Crippen LogP contribution in [0.3, 0.4) is 0 Å². The lowest BCUT2D eigenvalue weighted by molar-refractivity contribution is -0.0642. The van der Waals surface area contributed by atoms with Crippen LogP contribution in [0.15, 0.2) is 42.6 Å². The van der Waals surface area contributed by atoms with Crippen LogP contribution in [0, 0.1) is 0 Å². The molecule has 1 aliphatic rings. The Labute approximate surface area is 140 Å². The lowest BCUT2D eigenvalue weighted by atomic mass is 10.1. The number of aromatic nitrogens is 2. The molecule has 2 amide bonds. The number of urea groups is 1. The summed E-state index contributed by atoms with van der Waals surface area (Å²) < 4.78 is 10.9. The second-order valence-electron chi connectivity index (χ2n) is 5.61. The Morgan fingerprint density at radius 3 is 2.83 bits per heavy atom. The van der Waals surface area contributed by atoms with E-state index >= 15 is 0 Å². The van der Waals surface area contributed by atoms with E-state index in [0.29, 0.717) is 18.9 Å². The summed E-state index contributed by atoms with van der Waals surface area (Å²) in [5, 5.41) is 2.78. The Bertz CT molecular complexity index is 695. The zero-order valence-corrected chi connectivity index (χ0v) is 13.7. The maximum absolute atomic E-state index is 12.5. The van der Waals surface area contributed by atoms with E-state index in [-0.39, 0.29) is 24.2 Å². The van der Waals surface area contributed by atoms with Crippen molar-refractivity contribution < 1.29 is 14.3 Å². The van der Waals surface area contributed by atoms with Crippen LogP contribution < -0.4 is 10.1 Å². The van der Waals surface area contributed by atoms with Gasteiger partial charge in [0.2, 0.25) is 0 Å². The van der Waals surface area contributed by atoms with Crippen molar-refractivity contribution >= 4 is 11.8 Å². The molecule has 1 aliphatic heterocycles. The number of nitrogens with one attached hydrogen (secondary N) is 1. The van der Waals surface area contributed by atoms with Crippen molar-refractivity contribution in [2.24, 2.45) is 0 Å². The first kappa shape index (κ1) is 16.2. The van der Waals surface area contributed by atoms with Gasteiger partial charge in [0.1, 0.15) is 11.9 Å². The molecular weight excluding hydrogens is 308 g/mol. The van der Waals surface area contributed by atoms with E-state index in [4.69, 9.17) is 9.47 Å². The minimum absolute atomic E-state index is 0.0466. The predicted molar refractivity (Wildman–Crippen MR) is 88.9 cm³/mol. The summed E-state index contributed by atoms with van der Waals surface area (Å²) in [6, 6.07) is 11.5. The zero-order chi connectivity index (χ0) is 16.9. The van der Waals surface area contributed by atoms with Gasteiger partial charge in [0, 0.05) is 12.7 Å². The number of rotatable bonds is 3. The van der Waals surface area contributed by atoms with E-state index in [2.05, 4.69) is 15.3 Å². The monoisotopic (exact) mass is 328 g/mol. The Morgan fingerprint density at radius 2 is 2.08 bits per heavy atom. The van der Waals surface area contributed by atoms with E-state index in [9.17, 15) is 4.79 Å². The highest BCUT2D eigenvalue weighted by Crippen LogP contribution is 2.25. The van der Waals surface area contributed by atoms with E-state index < -0.39 is 0 Å². The van der Waals surface area contributed by atoms with Crippen LogP contribution in [-0.4, -0.2) is 47.2 Å². The third-order valence-electron chi connectivity index (χ3n) is 3.77. The van der Waals surface area contributed by atoms with Crippen LogP contribution in [0.25, 0.3) is 0 Å². The number of hydrogen-bond donors (Lipinski definition) is 1. The first-order valence-electron chi connectivity index (χ1n) is 7.79. The molecule has 126 valence electrons. The van der Waals surface area contributed by atoms with Crippen LogP contribution in [0.4, 0.5) is 10.6 Å². The average molecular weight is 328 g/mol. The Hall–Kier alpha value is -2.67. The van der Waals surface area contributed by atoms with Crippen molar-refractivity contribution in [3.63, 3.8) is 0 Å². The molecule has 2 aromatic rings. The van der Waals surface area contributed by atoms with Gasteiger partial charge in [0.05, 0.1) is 19.8 Å². The van der Waals surface area contributed by atoms with Crippen molar-refractivity contribution in [1.29, 1.82) is 0 Å². The summed E-state index contributed by atoms with van der Waals surface area (Å²) in [5.74, 6) is 0.405. The SMILES string of the molecule is COc1nccc(NC(=O)N2CC(C)OC(c3ccccc3)C2)n1. The average Bonchev–Trinajstić information content (AvgIpc) is 2.62. The minimum atomic E-state index is -0.216. The van der Waals surface area contributed by atoms with Gasteiger partial charge in [0.25, 0.3) is 0 Å². The van der Waals surface area contributed by atoms with Crippen LogP contribution in [0.1, 0.15) is 18.6 Å². The van der Waals surface area contributed by atoms with Gasteiger partial charge in [-0.1, -0.05) is 30.3 Å². The number of benzene rings is 1. The summed E-state index contributed by atoms with van der Waals surface area (Å²) >= 11 is 0. The van der Waals surface area contributed by atoms with Gasteiger partial charge in [0.15, 0.2) is 0 Å². The highest BCUT2D eigenvalue weighted by Gasteiger charge is 2.29. The number of ether oxygens (including phenoxy) is 2. The maximum Gasteiger partial charge on any atom is 0.323 e. The Morgan fingerprint density at radius 1 is 1.29 bits per heavy atom. The third kappa shape index (κ3) is 3.80. The summed E-state index contributed by atoms with van der Waals surface area (Å²) in [6.07, 6.45) is 1.35. The molecule has 1 aromatic heterocycles. The molecule has 0 radical (unpaired) electrons. The molecule has 3 rings (SSSR count). The largest absolute Gasteiger partial charge is 0.467 e. The van der Waals surface area contributed by atoms with Crippen molar-refractivity contribution in [2.45, 2.75) is 19.1 Å². The van der Waals surface area contributed by atoms with Crippen molar-refractivity contribution in [2.75, 3.05) is 25.5 Å². The molecule has 1 fully saturated rings. The lowest BCUT2D eigenvalue weighted by Crippen LogP contribution is -2.47. The van der Waals surface area contributed by atoms with Crippen molar-refractivity contribution in [1.82, 2.24) is 14.9 Å². The van der Waals surface area contributed by atoms with Gasteiger partial charge in [-0.2, -0.15) is 4.98 Å². The number of hydrogen-bond acceptors (Lipinski definition) is 5. The Balaban J connectivity index is 1.69. The van der Waals surface area contributed by atoms with Crippen LogP contribution >= 0.6 is 0 Å². The first-order chi connectivity index (χ1) is 11.7. The fourth-order valence-corrected chi connectivity index (χ4v) is 2.67. The molecule has 0 aliphatic carbocycles. The normalized spacial score (nSPS) is 20.5. The third-order valence-corrected chi connectivity index (χ3v) is 3.77. The molecule has 0 spiro atoms. The number of anilines is 1. The predicted octanol–water partition coefficient (Wildman–Crippen LogP) is 2.48. The highest BCUT2D eigenvalue weighted by atomic mass is 16.5. The summed E-state index contributed by atoms with van der Waals surface area (Å²) in [7, 11) is 1.48. The summed E-state index contributed by atoms with van der Waals surface area (Å²) in [6.45, 7) is 2.98.